The molecule has 3 nitrogen and oxygen atoms in total. The first kappa shape index (κ1) is 13.1. The molecule has 19 heavy (non-hydrogen) atoms. The molecule has 0 amide bonds. The minimum Gasteiger partial charge on any atom is -0.496 e. The molecular formula is C15H13FO3. The van der Waals surface area contributed by atoms with Gasteiger partial charge in [-0.25, -0.2) is 9.18 Å². The van der Waals surface area contributed by atoms with Crippen LogP contribution in [0.25, 0.3) is 11.1 Å². The molecule has 0 fully saturated rings. The lowest BCUT2D eigenvalue weighted by Crippen LogP contribution is -2.00. The van der Waals surface area contributed by atoms with Crippen molar-refractivity contribution >= 4 is 5.97 Å². The first-order valence-corrected chi connectivity index (χ1v) is 5.68. The molecule has 2 rings (SSSR count). The standard InChI is InChI=1S/C15H13FO3/c1-18-14-8-7-12(16)9-13(14)10-3-5-11(6-4-10)15(17)19-2/h3-9H,1-2H3. The predicted octanol–water partition coefficient (Wildman–Crippen LogP) is 3.29. The minimum absolute atomic E-state index is 0.340. The molecule has 0 saturated heterocycles. The van der Waals surface area contributed by atoms with Crippen molar-refractivity contribution in [2.24, 2.45) is 0 Å². The van der Waals surface area contributed by atoms with Crippen LogP contribution in [0, 0.1) is 5.82 Å². The number of benzene rings is 2. The van der Waals surface area contributed by atoms with E-state index >= 15 is 0 Å². The molecule has 0 bridgehead atoms. The van der Waals surface area contributed by atoms with E-state index in [1.807, 2.05) is 0 Å². The van der Waals surface area contributed by atoms with E-state index in [-0.39, 0.29) is 5.82 Å². The molecule has 0 N–H and O–H groups in total. The first-order valence-electron chi connectivity index (χ1n) is 5.68. The quantitative estimate of drug-likeness (QED) is 0.794. The number of hydrogen-bond donors (Lipinski definition) is 0. The second-order valence-corrected chi connectivity index (χ2v) is 3.91. The van der Waals surface area contributed by atoms with Crippen molar-refractivity contribution in [3.8, 4) is 16.9 Å². The highest BCUT2D eigenvalue weighted by Gasteiger charge is 2.09. The largest absolute Gasteiger partial charge is 0.496 e. The van der Waals surface area contributed by atoms with E-state index in [1.54, 1.807) is 30.3 Å². The zero-order valence-corrected chi connectivity index (χ0v) is 10.6. The molecule has 0 radical (unpaired) electrons. The number of carbonyl (C=O) groups is 1. The summed E-state index contributed by atoms with van der Waals surface area (Å²) in [5.41, 5.74) is 1.85. The van der Waals surface area contributed by atoms with Gasteiger partial charge in [0.05, 0.1) is 19.8 Å². The minimum atomic E-state index is -0.405. The van der Waals surface area contributed by atoms with Crippen molar-refractivity contribution in [1.29, 1.82) is 0 Å². The van der Waals surface area contributed by atoms with Crippen LogP contribution in [-0.2, 0) is 4.74 Å². The summed E-state index contributed by atoms with van der Waals surface area (Å²) in [5, 5.41) is 0. The van der Waals surface area contributed by atoms with Crippen molar-refractivity contribution in [3.05, 3.63) is 53.8 Å². The van der Waals surface area contributed by atoms with Crippen molar-refractivity contribution < 1.29 is 18.7 Å². The summed E-state index contributed by atoms with van der Waals surface area (Å²) in [6.07, 6.45) is 0. The normalized spacial score (nSPS) is 10.1. The van der Waals surface area contributed by atoms with Gasteiger partial charge in [0.15, 0.2) is 0 Å². The Morgan fingerprint density at radius 1 is 1.05 bits per heavy atom. The van der Waals surface area contributed by atoms with Gasteiger partial charge in [0.25, 0.3) is 0 Å². The molecule has 98 valence electrons. The van der Waals surface area contributed by atoms with Gasteiger partial charge in [-0.1, -0.05) is 12.1 Å². The van der Waals surface area contributed by atoms with Crippen LogP contribution in [0.5, 0.6) is 5.75 Å². The van der Waals surface area contributed by atoms with Crippen LogP contribution < -0.4 is 4.74 Å². The number of methoxy groups -OCH3 is 2. The van der Waals surface area contributed by atoms with E-state index in [0.29, 0.717) is 16.9 Å². The van der Waals surface area contributed by atoms with E-state index in [1.165, 1.54) is 26.4 Å². The molecule has 4 heteroatoms. The monoisotopic (exact) mass is 260 g/mol. The zero-order chi connectivity index (χ0) is 13.8. The van der Waals surface area contributed by atoms with Gasteiger partial charge in [0.1, 0.15) is 11.6 Å². The summed E-state index contributed by atoms with van der Waals surface area (Å²) in [6, 6.07) is 11.0. The van der Waals surface area contributed by atoms with Crippen molar-refractivity contribution in [2.75, 3.05) is 14.2 Å². The van der Waals surface area contributed by atoms with Crippen molar-refractivity contribution in [1.82, 2.24) is 0 Å². The summed E-state index contributed by atoms with van der Waals surface area (Å²) >= 11 is 0. The van der Waals surface area contributed by atoms with Gasteiger partial charge < -0.3 is 9.47 Å². The molecule has 0 saturated carbocycles. The van der Waals surface area contributed by atoms with Crippen LogP contribution in [0.4, 0.5) is 4.39 Å². The number of carbonyl (C=O) groups excluding carboxylic acids is 1. The SMILES string of the molecule is COC(=O)c1ccc(-c2cc(F)ccc2OC)cc1. The Morgan fingerprint density at radius 3 is 2.32 bits per heavy atom. The Bertz CT molecular complexity index is 591. The Morgan fingerprint density at radius 2 is 1.74 bits per heavy atom. The molecule has 0 spiro atoms. The van der Waals surface area contributed by atoms with Crippen LogP contribution in [0.1, 0.15) is 10.4 Å². The second-order valence-electron chi connectivity index (χ2n) is 3.91. The highest BCUT2D eigenvalue weighted by molar-refractivity contribution is 5.90. The molecule has 0 aliphatic heterocycles. The maximum Gasteiger partial charge on any atom is 0.337 e. The van der Waals surface area contributed by atoms with Gasteiger partial charge in [-0.3, -0.25) is 0 Å². The molecule has 0 atom stereocenters. The highest BCUT2D eigenvalue weighted by Crippen LogP contribution is 2.30. The molecule has 0 aromatic heterocycles. The van der Waals surface area contributed by atoms with Crippen LogP contribution >= 0.6 is 0 Å². The lowest BCUT2D eigenvalue weighted by Gasteiger charge is -2.09. The molecule has 0 aliphatic rings. The van der Waals surface area contributed by atoms with Crippen molar-refractivity contribution in [2.45, 2.75) is 0 Å². The summed E-state index contributed by atoms with van der Waals surface area (Å²) < 4.78 is 23.1. The van der Waals surface area contributed by atoms with Gasteiger partial charge in [-0.05, 0) is 35.9 Å². The number of halogens is 1. The summed E-state index contributed by atoms with van der Waals surface area (Å²) in [5.74, 6) is -0.169. The van der Waals surface area contributed by atoms with Gasteiger partial charge in [0, 0.05) is 5.56 Å². The summed E-state index contributed by atoms with van der Waals surface area (Å²) in [4.78, 5) is 11.3. The fourth-order valence-electron chi connectivity index (χ4n) is 1.81. The Hall–Kier alpha value is -2.36. The van der Waals surface area contributed by atoms with Crippen LogP contribution in [0.15, 0.2) is 42.5 Å². The van der Waals surface area contributed by atoms with Crippen molar-refractivity contribution in [3.63, 3.8) is 0 Å². The Kier molecular flexibility index (Phi) is 3.80. The van der Waals surface area contributed by atoms with E-state index in [0.717, 1.165) is 5.56 Å². The maximum atomic E-state index is 13.3. The average Bonchev–Trinajstić information content (AvgIpc) is 2.46. The first-order chi connectivity index (χ1) is 9.15. The lowest BCUT2D eigenvalue weighted by atomic mass is 10.0. The van der Waals surface area contributed by atoms with Gasteiger partial charge in [-0.15, -0.1) is 0 Å². The fourth-order valence-corrected chi connectivity index (χ4v) is 1.81. The molecule has 2 aromatic rings. The van der Waals surface area contributed by atoms with Gasteiger partial charge in [-0.2, -0.15) is 0 Å². The van der Waals surface area contributed by atoms with Gasteiger partial charge in [0.2, 0.25) is 0 Å². The third-order valence-electron chi connectivity index (χ3n) is 2.78. The molecule has 0 heterocycles. The van der Waals surface area contributed by atoms with E-state index in [4.69, 9.17) is 4.74 Å². The molecular weight excluding hydrogens is 247 g/mol. The third kappa shape index (κ3) is 2.73. The van der Waals surface area contributed by atoms with E-state index < -0.39 is 5.97 Å². The smallest absolute Gasteiger partial charge is 0.337 e. The molecule has 0 aliphatic carbocycles. The Labute approximate surface area is 110 Å². The second kappa shape index (κ2) is 5.52. The van der Waals surface area contributed by atoms with E-state index in [9.17, 15) is 9.18 Å². The number of esters is 1. The highest BCUT2D eigenvalue weighted by atomic mass is 19.1. The topological polar surface area (TPSA) is 35.5 Å². The lowest BCUT2D eigenvalue weighted by molar-refractivity contribution is 0.0601. The van der Waals surface area contributed by atoms with Crippen LogP contribution in [0.3, 0.4) is 0 Å². The molecule has 2 aromatic carbocycles. The number of hydrogen-bond acceptors (Lipinski definition) is 3. The van der Waals surface area contributed by atoms with Gasteiger partial charge >= 0.3 is 5.97 Å². The number of rotatable bonds is 3. The predicted molar refractivity (Wildman–Crippen MR) is 69.7 cm³/mol. The summed E-state index contributed by atoms with van der Waals surface area (Å²) in [7, 11) is 2.85. The third-order valence-corrected chi connectivity index (χ3v) is 2.78. The maximum absolute atomic E-state index is 13.3. The van der Waals surface area contributed by atoms with Crippen LogP contribution in [0.2, 0.25) is 0 Å². The zero-order valence-electron chi connectivity index (χ0n) is 10.6. The average molecular weight is 260 g/mol. The number of ether oxygens (including phenoxy) is 2. The Balaban J connectivity index is 2.42. The summed E-state index contributed by atoms with van der Waals surface area (Å²) in [6.45, 7) is 0. The van der Waals surface area contributed by atoms with Crippen LogP contribution in [-0.4, -0.2) is 20.2 Å². The molecule has 0 unspecified atom stereocenters. The fraction of sp³-hybridized carbons (Fsp3) is 0.133. The van der Waals surface area contributed by atoms with E-state index in [2.05, 4.69) is 4.74 Å².